The van der Waals surface area contributed by atoms with Crippen LogP contribution in [0.15, 0.2) is 91.0 Å². The molecule has 0 amide bonds. The molecule has 0 heterocycles. The van der Waals surface area contributed by atoms with Gasteiger partial charge in [0.05, 0.1) is 0 Å². The summed E-state index contributed by atoms with van der Waals surface area (Å²) < 4.78 is 90.3. The predicted octanol–water partition coefficient (Wildman–Crippen LogP) is 4.10. The van der Waals surface area contributed by atoms with Gasteiger partial charge < -0.3 is 0 Å². The van der Waals surface area contributed by atoms with Crippen LogP contribution in [-0.2, 0) is 15.6 Å². The fraction of sp³-hybridized carbons (Fsp3) is 0.167. The zero-order valence-electron chi connectivity index (χ0n) is 17.9. The molecule has 0 aliphatic heterocycles. The van der Waals surface area contributed by atoms with Crippen LogP contribution in [0.2, 0.25) is 0 Å². The molecule has 0 saturated carbocycles. The van der Waals surface area contributed by atoms with Crippen molar-refractivity contribution in [2.24, 2.45) is 0 Å². The molecule has 0 aromatic heterocycles. The molecule has 0 bridgehead atoms. The number of halogens is 6. The summed E-state index contributed by atoms with van der Waals surface area (Å²) in [7, 11) is 0. The van der Waals surface area contributed by atoms with Crippen molar-refractivity contribution in [3.8, 4) is 0 Å². The summed E-state index contributed by atoms with van der Waals surface area (Å²) in [5, 5.41) is 0. The van der Waals surface area contributed by atoms with E-state index in [1.807, 2.05) is 0 Å². The second-order valence-corrected chi connectivity index (χ2v) is 18.4. The van der Waals surface area contributed by atoms with Gasteiger partial charge in [-0.25, -0.2) is 0 Å². The van der Waals surface area contributed by atoms with E-state index in [0.717, 1.165) is 0 Å². The number of hydrogen-bond acceptors (Lipinski definition) is 4. The van der Waals surface area contributed by atoms with Gasteiger partial charge >= 0.3 is 199 Å². The van der Waals surface area contributed by atoms with E-state index in [9.17, 15) is 35.9 Å². The van der Waals surface area contributed by atoms with E-state index < -0.39 is 55.4 Å². The van der Waals surface area contributed by atoms with E-state index in [-0.39, 0.29) is 10.5 Å². The van der Waals surface area contributed by atoms with Crippen LogP contribution in [0.5, 0.6) is 0 Å². The van der Waals surface area contributed by atoms with Gasteiger partial charge in [0, 0.05) is 0 Å². The SMILES string of the molecule is O=C(CC(F)(F)F)[O][Sb]([O]C(=O)CC(F)(F)F)([c]1ccccc1)([c]1ccccc1)[c]1ccccc1. The van der Waals surface area contributed by atoms with Crippen LogP contribution in [0.25, 0.3) is 0 Å². The van der Waals surface area contributed by atoms with E-state index in [2.05, 4.69) is 0 Å². The van der Waals surface area contributed by atoms with Crippen LogP contribution < -0.4 is 10.5 Å². The molecule has 3 aromatic rings. The summed E-state index contributed by atoms with van der Waals surface area (Å²) in [6.45, 7) is 0. The summed E-state index contributed by atoms with van der Waals surface area (Å²) in [6.07, 6.45) is -14.0. The molecule has 0 radical (unpaired) electrons. The molecule has 0 saturated heterocycles. The van der Waals surface area contributed by atoms with Gasteiger partial charge in [-0.1, -0.05) is 0 Å². The molecular weight excluding hydrogens is 588 g/mol. The average Bonchev–Trinajstić information content (AvgIpc) is 2.78. The number of carbonyl (C=O) groups excluding carboxylic acids is 2. The molecule has 0 aliphatic carbocycles. The van der Waals surface area contributed by atoms with Gasteiger partial charge in [-0.15, -0.1) is 0 Å². The molecule has 3 aromatic carbocycles. The van der Waals surface area contributed by atoms with Crippen molar-refractivity contribution >= 4 is 40.7 Å². The topological polar surface area (TPSA) is 52.6 Å². The molecule has 3 rings (SSSR count). The van der Waals surface area contributed by atoms with Crippen LogP contribution in [0.3, 0.4) is 0 Å². The summed E-state index contributed by atoms with van der Waals surface area (Å²) in [6, 6.07) is 21.6. The minimum atomic E-state index is -6.70. The van der Waals surface area contributed by atoms with Crippen molar-refractivity contribution in [3.63, 3.8) is 0 Å². The van der Waals surface area contributed by atoms with Crippen LogP contribution in [0, 0.1) is 0 Å². The molecule has 4 nitrogen and oxygen atoms in total. The fourth-order valence-electron chi connectivity index (χ4n) is 3.66. The van der Waals surface area contributed by atoms with Crippen molar-refractivity contribution in [2.45, 2.75) is 25.2 Å². The van der Waals surface area contributed by atoms with Crippen molar-refractivity contribution in [3.05, 3.63) is 91.0 Å². The molecule has 186 valence electrons. The first-order valence-electron chi connectivity index (χ1n) is 10.1. The van der Waals surface area contributed by atoms with Crippen molar-refractivity contribution in [1.82, 2.24) is 0 Å². The summed E-state index contributed by atoms with van der Waals surface area (Å²) >= 11 is -6.70. The second-order valence-electron chi connectivity index (χ2n) is 7.47. The minimum absolute atomic E-state index is 0.00347. The molecule has 0 unspecified atom stereocenters. The number of carbonyl (C=O) groups is 2. The van der Waals surface area contributed by atoms with Gasteiger partial charge in [0.2, 0.25) is 0 Å². The van der Waals surface area contributed by atoms with Crippen LogP contribution in [-0.4, -0.2) is 42.5 Å². The third-order valence-electron chi connectivity index (χ3n) is 4.92. The van der Waals surface area contributed by atoms with E-state index >= 15 is 0 Å². The Balaban J connectivity index is 2.44. The normalized spacial score (nSPS) is 13.4. The van der Waals surface area contributed by atoms with Gasteiger partial charge in [-0.05, 0) is 0 Å². The Morgan fingerprint density at radius 3 is 1.03 bits per heavy atom. The first-order valence-corrected chi connectivity index (χ1v) is 16.0. The maximum atomic E-state index is 13.2. The zero-order valence-corrected chi connectivity index (χ0v) is 20.5. The Labute approximate surface area is 198 Å². The molecule has 0 atom stereocenters. The van der Waals surface area contributed by atoms with Gasteiger partial charge in [0.15, 0.2) is 0 Å². The van der Waals surface area contributed by atoms with Crippen molar-refractivity contribution in [1.29, 1.82) is 0 Å². The first kappa shape index (κ1) is 26.6. The monoisotopic (exact) mass is 606 g/mol. The van der Waals surface area contributed by atoms with Crippen LogP contribution >= 0.6 is 0 Å². The van der Waals surface area contributed by atoms with Crippen molar-refractivity contribution < 1.29 is 42.0 Å². The molecule has 0 spiro atoms. The molecule has 11 heteroatoms. The Morgan fingerprint density at radius 2 is 0.800 bits per heavy atom. The van der Waals surface area contributed by atoms with Gasteiger partial charge in [-0.2, -0.15) is 0 Å². The maximum absolute atomic E-state index is 13.2. The molecule has 0 fully saturated rings. The number of benzene rings is 3. The van der Waals surface area contributed by atoms with Crippen LogP contribution in [0.1, 0.15) is 12.8 Å². The van der Waals surface area contributed by atoms with E-state index in [1.54, 1.807) is 18.2 Å². The third kappa shape index (κ3) is 5.81. The van der Waals surface area contributed by atoms with Gasteiger partial charge in [0.1, 0.15) is 0 Å². The first-order chi connectivity index (χ1) is 16.4. The fourth-order valence-corrected chi connectivity index (χ4v) is 16.8. The summed E-state index contributed by atoms with van der Waals surface area (Å²) in [5.74, 6) is -3.56. The Morgan fingerprint density at radius 1 is 0.543 bits per heavy atom. The zero-order chi connectivity index (χ0) is 25.8. The third-order valence-corrected chi connectivity index (χ3v) is 18.7. The van der Waals surface area contributed by atoms with Crippen LogP contribution in [0.4, 0.5) is 26.3 Å². The van der Waals surface area contributed by atoms with E-state index in [0.29, 0.717) is 0 Å². The second kappa shape index (κ2) is 9.93. The summed E-state index contributed by atoms with van der Waals surface area (Å²) in [5.41, 5.74) is 0. The molecule has 0 N–H and O–H groups in total. The number of hydrogen-bond donors (Lipinski definition) is 0. The summed E-state index contributed by atoms with van der Waals surface area (Å²) in [4.78, 5) is 25.5. The van der Waals surface area contributed by atoms with Gasteiger partial charge in [-0.3, -0.25) is 0 Å². The predicted molar refractivity (Wildman–Crippen MR) is 118 cm³/mol. The standard InChI is InChI=1S/3C6H5.2C3H3F3O2.Sb/c3*1-2-4-6-5-3-1;2*4-3(5,6)1-2(7)8;/h3*1-5H;2*1H2,(H,7,8);/q;;;;;+2/p-2. The van der Waals surface area contributed by atoms with Gasteiger partial charge in [0.25, 0.3) is 0 Å². The number of alkyl halides is 6. The quantitative estimate of drug-likeness (QED) is 0.300. The Hall–Kier alpha value is -3.00. The van der Waals surface area contributed by atoms with Crippen molar-refractivity contribution in [2.75, 3.05) is 0 Å². The number of rotatable bonds is 7. The Bertz CT molecular complexity index is 1030. The molecule has 35 heavy (non-hydrogen) atoms. The Kier molecular flexibility index (Phi) is 7.55. The van der Waals surface area contributed by atoms with E-state index in [1.165, 1.54) is 72.8 Å². The molecular formula is C24H19F6O4Sb. The molecule has 0 aliphatic rings. The average molecular weight is 607 g/mol. The van der Waals surface area contributed by atoms with E-state index in [4.69, 9.17) is 6.03 Å².